The van der Waals surface area contributed by atoms with Gasteiger partial charge < -0.3 is 25.0 Å². The van der Waals surface area contributed by atoms with Gasteiger partial charge in [0.05, 0.1) is 7.11 Å². The van der Waals surface area contributed by atoms with E-state index in [1.165, 1.54) is 18.9 Å². The van der Waals surface area contributed by atoms with Crippen molar-refractivity contribution >= 4 is 23.9 Å². The molecule has 0 heterocycles. The van der Waals surface area contributed by atoms with E-state index in [-0.39, 0.29) is 13.1 Å². The number of nitrogens with one attached hydrogen (secondary N) is 2. The summed E-state index contributed by atoms with van der Waals surface area (Å²) < 4.78 is 9.78. The smallest absolute Gasteiger partial charge is 0.408 e. The summed E-state index contributed by atoms with van der Waals surface area (Å²) in [5.74, 6) is -1.58. The number of amides is 3. The molecule has 1 rings (SSSR count). The Balaban J connectivity index is 3.14. The maximum absolute atomic E-state index is 13.2. The number of carbonyl (C=O) groups is 4. The van der Waals surface area contributed by atoms with Crippen LogP contribution in [0.3, 0.4) is 0 Å². The summed E-state index contributed by atoms with van der Waals surface area (Å²) in [5.41, 5.74) is -0.132. The summed E-state index contributed by atoms with van der Waals surface area (Å²) in [4.78, 5) is 51.2. The Morgan fingerprint density at radius 3 is 2.23 bits per heavy atom. The highest BCUT2D eigenvalue weighted by molar-refractivity contribution is 5.93. The summed E-state index contributed by atoms with van der Waals surface area (Å²) in [6, 6.07) is 6.85. The molecule has 0 aliphatic carbocycles. The molecule has 172 valence electrons. The Morgan fingerprint density at radius 2 is 1.71 bits per heavy atom. The Morgan fingerprint density at radius 1 is 1.10 bits per heavy atom. The van der Waals surface area contributed by atoms with Crippen LogP contribution >= 0.6 is 0 Å². The van der Waals surface area contributed by atoms with Gasteiger partial charge >= 0.3 is 12.1 Å². The maximum atomic E-state index is 13.2. The van der Waals surface area contributed by atoms with Crippen LogP contribution in [-0.2, 0) is 23.9 Å². The Labute approximate surface area is 183 Å². The fourth-order valence-corrected chi connectivity index (χ4v) is 2.84. The largest absolute Gasteiger partial charge is 0.468 e. The summed E-state index contributed by atoms with van der Waals surface area (Å²) in [7, 11) is 1.22. The fraction of sp³-hybridized carbons (Fsp3) is 0.545. The average molecular weight is 436 g/mol. The van der Waals surface area contributed by atoms with Gasteiger partial charge in [-0.2, -0.15) is 0 Å². The highest BCUT2D eigenvalue weighted by Gasteiger charge is 2.34. The van der Waals surface area contributed by atoms with Crippen LogP contribution in [0.25, 0.3) is 0 Å². The number of nitrogens with zero attached hydrogens (tertiary/aromatic N) is 1. The van der Waals surface area contributed by atoms with E-state index in [2.05, 4.69) is 15.4 Å². The predicted octanol–water partition coefficient (Wildman–Crippen LogP) is 2.17. The van der Waals surface area contributed by atoms with E-state index < -0.39 is 41.6 Å². The molecule has 2 N–H and O–H groups in total. The molecular formula is C22H33N3O6. The van der Waals surface area contributed by atoms with Crippen molar-refractivity contribution < 1.29 is 28.7 Å². The van der Waals surface area contributed by atoms with Gasteiger partial charge in [-0.05, 0) is 39.7 Å². The molecule has 0 aliphatic rings. The standard InChI is InChI=1S/C22H33N3O6/c1-7-13-25(20(28)15(2)24-21(29)31-22(3,4)5)18(16-11-9-8-10-12-16)19(27)23-14-17(26)30-6/h8-12,15,18H,7,13-14H2,1-6H3,(H,23,27)(H,24,29). The third kappa shape index (κ3) is 8.65. The quantitative estimate of drug-likeness (QED) is 0.575. The number of benzene rings is 1. The lowest BCUT2D eigenvalue weighted by Crippen LogP contribution is -2.52. The van der Waals surface area contributed by atoms with Crippen LogP contribution in [0.1, 0.15) is 52.6 Å². The van der Waals surface area contributed by atoms with Gasteiger partial charge in [-0.3, -0.25) is 14.4 Å². The van der Waals surface area contributed by atoms with Gasteiger partial charge in [-0.15, -0.1) is 0 Å². The normalized spacial score (nSPS) is 12.8. The first kappa shape index (κ1) is 25.9. The third-order valence-electron chi connectivity index (χ3n) is 4.16. The summed E-state index contributed by atoms with van der Waals surface area (Å²) >= 11 is 0. The van der Waals surface area contributed by atoms with Gasteiger partial charge in [-0.1, -0.05) is 37.3 Å². The number of hydrogen-bond donors (Lipinski definition) is 2. The van der Waals surface area contributed by atoms with Crippen molar-refractivity contribution in [2.45, 2.75) is 58.7 Å². The lowest BCUT2D eigenvalue weighted by atomic mass is 10.0. The molecule has 0 aromatic heterocycles. The van der Waals surface area contributed by atoms with Gasteiger partial charge in [0.2, 0.25) is 11.8 Å². The zero-order chi connectivity index (χ0) is 23.6. The van der Waals surface area contributed by atoms with Crippen molar-refractivity contribution in [2.24, 2.45) is 0 Å². The molecule has 3 amide bonds. The van der Waals surface area contributed by atoms with Gasteiger partial charge in [-0.25, -0.2) is 4.79 Å². The number of methoxy groups -OCH3 is 1. The van der Waals surface area contributed by atoms with E-state index in [0.717, 1.165) is 0 Å². The first-order valence-electron chi connectivity index (χ1n) is 10.2. The molecule has 0 radical (unpaired) electrons. The topological polar surface area (TPSA) is 114 Å². The molecule has 2 atom stereocenters. The first-order chi connectivity index (χ1) is 14.5. The summed E-state index contributed by atoms with van der Waals surface area (Å²) in [6.07, 6.45) is -0.144. The lowest BCUT2D eigenvalue weighted by Gasteiger charge is -2.33. The van der Waals surface area contributed by atoms with Crippen molar-refractivity contribution in [3.05, 3.63) is 35.9 Å². The van der Waals surface area contributed by atoms with Crippen LogP contribution in [0.5, 0.6) is 0 Å². The second-order valence-electron chi connectivity index (χ2n) is 8.01. The second-order valence-corrected chi connectivity index (χ2v) is 8.01. The number of ether oxygens (including phenoxy) is 2. The minimum atomic E-state index is -0.985. The third-order valence-corrected chi connectivity index (χ3v) is 4.16. The zero-order valence-corrected chi connectivity index (χ0v) is 19.1. The maximum Gasteiger partial charge on any atom is 0.408 e. The van der Waals surface area contributed by atoms with Gasteiger partial charge in [0.15, 0.2) is 0 Å². The molecular weight excluding hydrogens is 402 g/mol. The lowest BCUT2D eigenvalue weighted by molar-refractivity contribution is -0.144. The van der Waals surface area contributed by atoms with Crippen molar-refractivity contribution in [2.75, 3.05) is 20.2 Å². The molecule has 9 nitrogen and oxygen atoms in total. The molecule has 1 aromatic carbocycles. The number of hydrogen-bond acceptors (Lipinski definition) is 6. The molecule has 1 aromatic rings. The zero-order valence-electron chi connectivity index (χ0n) is 19.1. The van der Waals surface area contributed by atoms with Crippen molar-refractivity contribution in [1.29, 1.82) is 0 Å². The van der Waals surface area contributed by atoms with Gasteiger partial charge in [0.1, 0.15) is 24.2 Å². The Bertz CT molecular complexity index is 760. The van der Waals surface area contributed by atoms with Crippen molar-refractivity contribution in [3.63, 3.8) is 0 Å². The number of rotatable bonds is 9. The molecule has 0 spiro atoms. The van der Waals surface area contributed by atoms with Gasteiger partial charge in [0.25, 0.3) is 0 Å². The van der Waals surface area contributed by atoms with Crippen LogP contribution in [-0.4, -0.2) is 60.6 Å². The average Bonchev–Trinajstić information content (AvgIpc) is 2.70. The molecule has 0 bridgehead atoms. The van der Waals surface area contributed by atoms with Crippen LogP contribution in [0, 0.1) is 0 Å². The van der Waals surface area contributed by atoms with Gasteiger partial charge in [0, 0.05) is 6.54 Å². The van der Waals surface area contributed by atoms with E-state index in [9.17, 15) is 19.2 Å². The van der Waals surface area contributed by atoms with Crippen LogP contribution < -0.4 is 10.6 Å². The Hall–Kier alpha value is -3.10. The number of alkyl carbamates (subject to hydrolysis) is 1. The molecule has 0 saturated carbocycles. The molecule has 0 fully saturated rings. The fourth-order valence-electron chi connectivity index (χ4n) is 2.84. The highest BCUT2D eigenvalue weighted by Crippen LogP contribution is 2.23. The van der Waals surface area contributed by atoms with E-state index in [1.807, 2.05) is 6.92 Å². The van der Waals surface area contributed by atoms with E-state index in [1.54, 1.807) is 51.1 Å². The summed E-state index contributed by atoms with van der Waals surface area (Å²) in [6.45, 7) is 8.52. The minimum Gasteiger partial charge on any atom is -0.468 e. The molecule has 0 aliphatic heterocycles. The van der Waals surface area contributed by atoms with Crippen LogP contribution in [0.4, 0.5) is 4.79 Å². The summed E-state index contributed by atoms with van der Waals surface area (Å²) in [5, 5.41) is 5.04. The predicted molar refractivity (Wildman–Crippen MR) is 115 cm³/mol. The molecule has 0 saturated heterocycles. The number of esters is 1. The van der Waals surface area contributed by atoms with E-state index in [0.29, 0.717) is 12.0 Å². The van der Waals surface area contributed by atoms with E-state index >= 15 is 0 Å². The monoisotopic (exact) mass is 435 g/mol. The van der Waals surface area contributed by atoms with E-state index in [4.69, 9.17) is 4.74 Å². The minimum absolute atomic E-state index is 0.268. The van der Waals surface area contributed by atoms with Crippen LogP contribution in [0.15, 0.2) is 30.3 Å². The first-order valence-corrected chi connectivity index (χ1v) is 10.2. The van der Waals surface area contributed by atoms with Crippen molar-refractivity contribution in [3.8, 4) is 0 Å². The Kier molecular flexibility index (Phi) is 9.98. The van der Waals surface area contributed by atoms with Crippen LogP contribution in [0.2, 0.25) is 0 Å². The highest BCUT2D eigenvalue weighted by atomic mass is 16.6. The second kappa shape index (κ2) is 11.9. The van der Waals surface area contributed by atoms with Crippen molar-refractivity contribution in [1.82, 2.24) is 15.5 Å². The molecule has 2 unspecified atom stereocenters. The SMILES string of the molecule is CCCN(C(=O)C(C)NC(=O)OC(C)(C)C)C(C(=O)NCC(=O)OC)c1ccccc1. The number of carbonyl (C=O) groups excluding carboxylic acids is 4. The molecule has 31 heavy (non-hydrogen) atoms. The molecule has 9 heteroatoms.